The first kappa shape index (κ1) is 14.4. The summed E-state index contributed by atoms with van der Waals surface area (Å²) in [5.41, 5.74) is 1.43. The van der Waals surface area contributed by atoms with Crippen LogP contribution in [0.5, 0.6) is 0 Å². The summed E-state index contributed by atoms with van der Waals surface area (Å²) in [5, 5.41) is 6.47. The molecule has 3 aromatic heterocycles. The first-order valence-electron chi connectivity index (χ1n) is 7.95. The van der Waals surface area contributed by atoms with Gasteiger partial charge >= 0.3 is 0 Å². The topological polar surface area (TPSA) is 59.6 Å². The van der Waals surface area contributed by atoms with Gasteiger partial charge in [0.25, 0.3) is 5.56 Å². The van der Waals surface area contributed by atoms with Gasteiger partial charge < -0.3 is 4.90 Å². The van der Waals surface area contributed by atoms with Crippen LogP contribution in [-0.2, 0) is 17.8 Å². The van der Waals surface area contributed by atoms with Gasteiger partial charge in [-0.1, -0.05) is 6.92 Å². The molecule has 1 aliphatic rings. The predicted octanol–water partition coefficient (Wildman–Crippen LogP) is 1.90. The van der Waals surface area contributed by atoms with E-state index in [1.807, 2.05) is 33.7 Å². The monoisotopic (exact) mass is 330 g/mol. The van der Waals surface area contributed by atoms with Crippen molar-refractivity contribution in [2.24, 2.45) is 0 Å². The Bertz CT molecular complexity index is 946. The Morgan fingerprint density at radius 1 is 1.30 bits per heavy atom. The fourth-order valence-corrected chi connectivity index (χ4v) is 4.06. The minimum absolute atomic E-state index is 0.0168. The highest BCUT2D eigenvalue weighted by Crippen LogP contribution is 2.24. The molecule has 3 aromatic rings. The zero-order valence-corrected chi connectivity index (χ0v) is 13.8. The Labute approximate surface area is 136 Å². The average molecular weight is 330 g/mol. The van der Waals surface area contributed by atoms with Crippen LogP contribution in [0.3, 0.4) is 0 Å². The number of amides is 1. The van der Waals surface area contributed by atoms with E-state index in [2.05, 4.69) is 5.10 Å². The Balaban J connectivity index is 1.82. The van der Waals surface area contributed by atoms with Gasteiger partial charge in [0.2, 0.25) is 5.91 Å². The molecule has 0 bridgehead atoms. The Hall–Kier alpha value is -2.15. The SMILES string of the molecule is CCc1nn(CC(=O)N2CCCC2)c(=O)c2cc3sccc3n12. The van der Waals surface area contributed by atoms with E-state index >= 15 is 0 Å². The number of aromatic nitrogens is 3. The number of carbonyl (C=O) groups is 1. The molecule has 6 nitrogen and oxygen atoms in total. The Morgan fingerprint density at radius 2 is 2.09 bits per heavy atom. The van der Waals surface area contributed by atoms with Crippen molar-refractivity contribution in [2.75, 3.05) is 13.1 Å². The summed E-state index contributed by atoms with van der Waals surface area (Å²) in [4.78, 5) is 26.9. The first-order valence-corrected chi connectivity index (χ1v) is 8.83. The molecule has 0 N–H and O–H groups in total. The Kier molecular flexibility index (Phi) is 3.45. The molecule has 1 amide bonds. The largest absolute Gasteiger partial charge is 0.341 e. The number of hydrogen-bond acceptors (Lipinski definition) is 4. The average Bonchev–Trinajstić information content (AvgIpc) is 3.26. The van der Waals surface area contributed by atoms with Gasteiger partial charge in [-0.2, -0.15) is 5.10 Å². The van der Waals surface area contributed by atoms with Crippen molar-refractivity contribution in [1.29, 1.82) is 0 Å². The number of carbonyl (C=O) groups excluding carboxylic acids is 1. The van der Waals surface area contributed by atoms with E-state index in [0.29, 0.717) is 11.9 Å². The summed E-state index contributed by atoms with van der Waals surface area (Å²) >= 11 is 1.61. The molecular weight excluding hydrogens is 312 g/mol. The molecule has 0 radical (unpaired) electrons. The molecule has 0 atom stereocenters. The standard InChI is InChI=1S/C16H18N4O2S/c1-2-14-17-19(10-15(21)18-6-3-4-7-18)16(22)12-9-13-11(20(12)14)5-8-23-13/h5,8-9H,2-4,6-7,10H2,1H3. The van der Waals surface area contributed by atoms with Crippen molar-refractivity contribution in [3.05, 3.63) is 33.7 Å². The van der Waals surface area contributed by atoms with Gasteiger partial charge in [-0.3, -0.25) is 14.0 Å². The van der Waals surface area contributed by atoms with Crippen LogP contribution < -0.4 is 5.56 Å². The summed E-state index contributed by atoms with van der Waals surface area (Å²) in [6.45, 7) is 3.62. The normalized spacial score (nSPS) is 15.1. The number of rotatable bonds is 3. The zero-order valence-electron chi connectivity index (χ0n) is 13.0. The van der Waals surface area contributed by atoms with E-state index < -0.39 is 0 Å². The van der Waals surface area contributed by atoms with Gasteiger partial charge in [0, 0.05) is 19.5 Å². The number of hydrogen-bond donors (Lipinski definition) is 0. The highest BCUT2D eigenvalue weighted by atomic mass is 32.1. The molecule has 0 saturated carbocycles. The van der Waals surface area contributed by atoms with Crippen LogP contribution in [0.1, 0.15) is 25.6 Å². The highest BCUT2D eigenvalue weighted by molar-refractivity contribution is 7.17. The van der Waals surface area contributed by atoms with Crippen LogP contribution in [0, 0.1) is 0 Å². The second-order valence-electron chi connectivity index (χ2n) is 5.86. The molecule has 0 aliphatic carbocycles. The molecule has 1 fully saturated rings. The molecule has 0 unspecified atom stereocenters. The van der Waals surface area contributed by atoms with Crippen LogP contribution in [0.25, 0.3) is 15.7 Å². The molecule has 4 rings (SSSR count). The van der Waals surface area contributed by atoms with Crippen molar-refractivity contribution >= 4 is 33.0 Å². The van der Waals surface area contributed by atoms with Gasteiger partial charge in [-0.05, 0) is 30.4 Å². The van der Waals surface area contributed by atoms with Gasteiger partial charge in [-0.25, -0.2) is 4.68 Å². The third-order valence-electron chi connectivity index (χ3n) is 4.43. The lowest BCUT2D eigenvalue weighted by atomic mass is 10.4. The minimum Gasteiger partial charge on any atom is -0.341 e. The van der Waals surface area contributed by atoms with Crippen LogP contribution in [0.2, 0.25) is 0 Å². The fraction of sp³-hybridized carbons (Fsp3) is 0.438. The molecule has 4 heterocycles. The van der Waals surface area contributed by atoms with Crippen molar-refractivity contribution in [3.63, 3.8) is 0 Å². The van der Waals surface area contributed by atoms with Crippen LogP contribution in [0.15, 0.2) is 22.3 Å². The Morgan fingerprint density at radius 3 is 2.83 bits per heavy atom. The van der Waals surface area contributed by atoms with E-state index in [9.17, 15) is 9.59 Å². The number of fused-ring (bicyclic) bond motifs is 3. The minimum atomic E-state index is -0.196. The smallest absolute Gasteiger partial charge is 0.291 e. The molecule has 1 aliphatic heterocycles. The van der Waals surface area contributed by atoms with E-state index in [-0.39, 0.29) is 18.0 Å². The lowest BCUT2D eigenvalue weighted by Crippen LogP contribution is -2.36. The maximum Gasteiger partial charge on any atom is 0.291 e. The molecular formula is C16H18N4O2S. The maximum absolute atomic E-state index is 12.7. The summed E-state index contributed by atoms with van der Waals surface area (Å²) in [6.07, 6.45) is 2.79. The lowest BCUT2D eigenvalue weighted by molar-refractivity contribution is -0.131. The van der Waals surface area contributed by atoms with Gasteiger partial charge in [-0.15, -0.1) is 11.3 Å². The van der Waals surface area contributed by atoms with Gasteiger partial charge in [0.1, 0.15) is 17.9 Å². The number of nitrogens with zero attached hydrogens (tertiary/aromatic N) is 4. The van der Waals surface area contributed by atoms with E-state index in [4.69, 9.17) is 0 Å². The number of likely N-dealkylation sites (tertiary alicyclic amines) is 1. The lowest BCUT2D eigenvalue weighted by Gasteiger charge is -2.16. The molecule has 0 aromatic carbocycles. The van der Waals surface area contributed by atoms with Crippen LogP contribution >= 0.6 is 11.3 Å². The summed E-state index contributed by atoms with van der Waals surface area (Å²) < 4.78 is 4.32. The molecule has 1 saturated heterocycles. The van der Waals surface area contributed by atoms with Crippen molar-refractivity contribution in [1.82, 2.24) is 19.1 Å². The molecule has 7 heteroatoms. The zero-order chi connectivity index (χ0) is 16.0. The third kappa shape index (κ3) is 2.26. The summed E-state index contributed by atoms with van der Waals surface area (Å²) in [7, 11) is 0. The van der Waals surface area contributed by atoms with E-state index in [1.54, 1.807) is 11.3 Å². The second kappa shape index (κ2) is 5.49. The number of thiophene rings is 1. The fourth-order valence-electron chi connectivity index (χ4n) is 3.25. The second-order valence-corrected chi connectivity index (χ2v) is 6.80. The quantitative estimate of drug-likeness (QED) is 0.737. The molecule has 120 valence electrons. The van der Waals surface area contributed by atoms with Gasteiger partial charge in [0.05, 0.1) is 10.2 Å². The highest BCUT2D eigenvalue weighted by Gasteiger charge is 2.21. The van der Waals surface area contributed by atoms with Crippen LogP contribution in [-0.4, -0.2) is 38.1 Å². The summed E-state index contributed by atoms with van der Waals surface area (Å²) in [6, 6.07) is 3.91. The van der Waals surface area contributed by atoms with Crippen molar-refractivity contribution in [3.8, 4) is 0 Å². The van der Waals surface area contributed by atoms with E-state index in [1.165, 1.54) is 4.68 Å². The van der Waals surface area contributed by atoms with Gasteiger partial charge in [0.15, 0.2) is 0 Å². The summed E-state index contributed by atoms with van der Waals surface area (Å²) in [5.74, 6) is 0.791. The van der Waals surface area contributed by atoms with Crippen LogP contribution in [0.4, 0.5) is 0 Å². The molecule has 23 heavy (non-hydrogen) atoms. The predicted molar refractivity (Wildman–Crippen MR) is 90.0 cm³/mol. The third-order valence-corrected chi connectivity index (χ3v) is 5.28. The maximum atomic E-state index is 12.7. The first-order chi connectivity index (χ1) is 11.2. The van der Waals surface area contributed by atoms with Crippen molar-refractivity contribution in [2.45, 2.75) is 32.7 Å². The van der Waals surface area contributed by atoms with E-state index in [0.717, 1.165) is 42.0 Å². The number of aryl methyl sites for hydroxylation is 1. The molecule has 0 spiro atoms. The van der Waals surface area contributed by atoms with Crippen molar-refractivity contribution < 1.29 is 4.79 Å².